The zero-order valence-electron chi connectivity index (χ0n) is 14.2. The third kappa shape index (κ3) is 2.08. The van der Waals surface area contributed by atoms with Gasteiger partial charge in [-0.15, -0.1) is 0 Å². The minimum atomic E-state index is -1.56. The summed E-state index contributed by atoms with van der Waals surface area (Å²) < 4.78 is 0. The van der Waals surface area contributed by atoms with Crippen molar-refractivity contribution in [2.24, 2.45) is 5.92 Å². The summed E-state index contributed by atoms with van der Waals surface area (Å²) in [5.74, 6) is 0.347. The van der Waals surface area contributed by atoms with Gasteiger partial charge in [-0.1, -0.05) is 73.7 Å². The summed E-state index contributed by atoms with van der Waals surface area (Å²) in [7, 11) is -1.56. The van der Waals surface area contributed by atoms with Gasteiger partial charge in [-0.05, 0) is 34.7 Å². The number of hydrogen-bond acceptors (Lipinski definition) is 1. The Balaban J connectivity index is 2.02. The van der Waals surface area contributed by atoms with Crippen LogP contribution < -0.4 is 0 Å². The van der Waals surface area contributed by atoms with Crippen molar-refractivity contribution >= 4 is 25.5 Å². The number of ketones is 1. The lowest BCUT2D eigenvalue weighted by Gasteiger charge is -2.38. The minimum absolute atomic E-state index is 0.0216. The van der Waals surface area contributed by atoms with E-state index in [4.69, 9.17) is 0 Å². The lowest BCUT2D eigenvalue weighted by atomic mass is 9.82. The second-order valence-corrected chi connectivity index (χ2v) is 13.3. The zero-order chi connectivity index (χ0) is 16.4. The van der Waals surface area contributed by atoms with E-state index in [1.165, 1.54) is 22.3 Å². The Bertz CT molecular complexity index is 854. The van der Waals surface area contributed by atoms with Gasteiger partial charge in [0.2, 0.25) is 0 Å². The minimum Gasteiger partial charge on any atom is -0.293 e. The van der Waals surface area contributed by atoms with Crippen molar-refractivity contribution in [3.8, 4) is 0 Å². The fraction of sp³-hybridized carbons (Fsp3) is 0.286. The van der Waals surface area contributed by atoms with Gasteiger partial charge in [-0.25, -0.2) is 0 Å². The number of aryl methyl sites for hydroxylation is 1. The first-order valence-corrected chi connectivity index (χ1v) is 11.9. The fourth-order valence-corrected chi connectivity index (χ4v) is 6.85. The molecule has 0 spiro atoms. The van der Waals surface area contributed by atoms with E-state index in [9.17, 15) is 4.79 Å². The van der Waals surface area contributed by atoms with Gasteiger partial charge >= 0.3 is 0 Å². The van der Waals surface area contributed by atoms with Gasteiger partial charge in [-0.3, -0.25) is 4.79 Å². The van der Waals surface area contributed by atoms with Crippen molar-refractivity contribution in [3.63, 3.8) is 0 Å². The summed E-state index contributed by atoms with van der Waals surface area (Å²) >= 11 is 0. The van der Waals surface area contributed by atoms with E-state index in [-0.39, 0.29) is 5.92 Å². The summed E-state index contributed by atoms with van der Waals surface area (Å²) in [6.07, 6.45) is 2.26. The zero-order valence-corrected chi connectivity index (χ0v) is 15.2. The molecule has 23 heavy (non-hydrogen) atoms. The van der Waals surface area contributed by atoms with Crippen molar-refractivity contribution in [2.45, 2.75) is 32.1 Å². The van der Waals surface area contributed by atoms with Crippen LogP contribution in [0.1, 0.15) is 38.2 Å². The van der Waals surface area contributed by atoms with E-state index >= 15 is 0 Å². The molecular weight excluding hydrogens is 296 g/mol. The number of hydrogen-bond donors (Lipinski definition) is 0. The Hall–Kier alpha value is -1.93. The van der Waals surface area contributed by atoms with Crippen LogP contribution in [-0.4, -0.2) is 13.9 Å². The molecule has 2 unspecified atom stereocenters. The Morgan fingerprint density at radius 1 is 0.957 bits per heavy atom. The highest BCUT2D eigenvalue weighted by Crippen LogP contribution is 2.52. The Labute approximate surface area is 139 Å². The highest BCUT2D eigenvalue weighted by Gasteiger charge is 2.48. The third-order valence-corrected chi connectivity index (χ3v) is 7.79. The number of carbonyl (C=O) groups is 1. The summed E-state index contributed by atoms with van der Waals surface area (Å²) in [6, 6.07) is 14.8. The molecule has 4 rings (SSSR count). The standard InChI is InChI=1S/C21H22OSi/c1-13-9-10-14-12-18-15-7-5-6-8-16(15)20(22)19(18)21(17(14)11-13)23(2,3)4/h5-12,19,21H,1-4H3. The molecule has 0 heterocycles. The van der Waals surface area contributed by atoms with Crippen molar-refractivity contribution in [2.75, 3.05) is 0 Å². The number of carbonyl (C=O) groups excluding carboxylic acids is 1. The molecule has 2 atom stereocenters. The molecule has 2 heteroatoms. The molecule has 0 aromatic heterocycles. The van der Waals surface area contributed by atoms with Crippen molar-refractivity contribution < 1.29 is 4.79 Å². The van der Waals surface area contributed by atoms with Crippen molar-refractivity contribution in [1.82, 2.24) is 0 Å². The van der Waals surface area contributed by atoms with E-state index in [0.717, 1.165) is 11.1 Å². The monoisotopic (exact) mass is 318 g/mol. The van der Waals surface area contributed by atoms with Crippen molar-refractivity contribution in [1.29, 1.82) is 0 Å². The molecular formula is C21H22OSi. The number of rotatable bonds is 1. The Kier molecular flexibility index (Phi) is 3.04. The average molecular weight is 318 g/mol. The quantitative estimate of drug-likeness (QED) is 0.650. The number of Topliss-reactive ketones (excluding diaryl/α,β-unsaturated/α-hetero) is 1. The van der Waals surface area contributed by atoms with E-state index in [1.54, 1.807) is 0 Å². The molecule has 0 aliphatic heterocycles. The first kappa shape index (κ1) is 14.6. The van der Waals surface area contributed by atoms with Gasteiger partial charge in [0.05, 0.1) is 14.0 Å². The molecule has 0 bridgehead atoms. The first-order chi connectivity index (χ1) is 10.9. The van der Waals surface area contributed by atoms with Crippen LogP contribution in [0.2, 0.25) is 19.6 Å². The predicted octanol–water partition coefficient (Wildman–Crippen LogP) is 5.32. The molecule has 0 saturated heterocycles. The van der Waals surface area contributed by atoms with Gasteiger partial charge in [0, 0.05) is 5.56 Å². The van der Waals surface area contributed by atoms with Crippen LogP contribution in [0.3, 0.4) is 0 Å². The topological polar surface area (TPSA) is 17.1 Å². The second-order valence-electron chi connectivity index (χ2n) is 7.96. The lowest BCUT2D eigenvalue weighted by Crippen LogP contribution is -2.40. The molecule has 116 valence electrons. The maximum Gasteiger partial charge on any atom is 0.171 e. The Morgan fingerprint density at radius 3 is 2.35 bits per heavy atom. The number of allylic oxidation sites excluding steroid dienone is 1. The Morgan fingerprint density at radius 2 is 1.65 bits per heavy atom. The van der Waals surface area contributed by atoms with E-state index in [0.29, 0.717) is 11.3 Å². The molecule has 2 aliphatic carbocycles. The van der Waals surface area contributed by atoms with Crippen LogP contribution in [0, 0.1) is 12.8 Å². The van der Waals surface area contributed by atoms with Gasteiger partial charge < -0.3 is 0 Å². The molecule has 0 saturated carbocycles. The molecule has 0 radical (unpaired) electrons. The number of fused-ring (bicyclic) bond motifs is 4. The third-order valence-electron chi connectivity index (χ3n) is 5.28. The van der Waals surface area contributed by atoms with E-state index in [2.05, 4.69) is 56.9 Å². The van der Waals surface area contributed by atoms with Crippen LogP contribution in [0.25, 0.3) is 11.6 Å². The summed E-state index contributed by atoms with van der Waals surface area (Å²) in [5, 5.41) is 0. The highest BCUT2D eigenvalue weighted by molar-refractivity contribution is 6.78. The smallest absolute Gasteiger partial charge is 0.171 e. The molecule has 1 nitrogen and oxygen atoms in total. The number of benzene rings is 2. The SMILES string of the molecule is Cc1ccc2c(c1)C([Si](C)(C)C)C1C(=O)c3ccccc3C1=C2. The highest BCUT2D eigenvalue weighted by atomic mass is 28.3. The van der Waals surface area contributed by atoms with Gasteiger partial charge in [-0.2, -0.15) is 0 Å². The van der Waals surface area contributed by atoms with Gasteiger partial charge in [0.15, 0.2) is 5.78 Å². The largest absolute Gasteiger partial charge is 0.293 e. The molecule has 2 aliphatic rings. The maximum atomic E-state index is 13.2. The van der Waals surface area contributed by atoms with E-state index in [1.807, 2.05) is 18.2 Å². The van der Waals surface area contributed by atoms with Gasteiger partial charge in [0.1, 0.15) is 0 Å². The molecule has 0 fully saturated rings. The van der Waals surface area contributed by atoms with Crippen LogP contribution in [-0.2, 0) is 0 Å². The molecule has 2 aromatic rings. The first-order valence-electron chi connectivity index (χ1n) is 8.33. The lowest BCUT2D eigenvalue weighted by molar-refractivity contribution is 0.0954. The molecule has 0 amide bonds. The molecule has 0 N–H and O–H groups in total. The van der Waals surface area contributed by atoms with Crippen LogP contribution in [0.5, 0.6) is 0 Å². The van der Waals surface area contributed by atoms with Crippen LogP contribution >= 0.6 is 0 Å². The fourth-order valence-electron chi connectivity index (χ4n) is 4.33. The van der Waals surface area contributed by atoms with Crippen molar-refractivity contribution in [3.05, 3.63) is 70.3 Å². The molecule has 2 aromatic carbocycles. The second kappa shape index (κ2) is 4.78. The maximum absolute atomic E-state index is 13.2. The normalized spacial score (nSPS) is 22.3. The van der Waals surface area contributed by atoms with E-state index < -0.39 is 8.07 Å². The summed E-state index contributed by atoms with van der Waals surface area (Å²) in [4.78, 5) is 13.2. The predicted molar refractivity (Wildman–Crippen MR) is 99.4 cm³/mol. The van der Waals surface area contributed by atoms with Gasteiger partial charge in [0.25, 0.3) is 0 Å². The average Bonchev–Trinajstić information content (AvgIpc) is 2.77. The van der Waals surface area contributed by atoms with Crippen LogP contribution in [0.15, 0.2) is 42.5 Å². The summed E-state index contributed by atoms with van der Waals surface area (Å²) in [6.45, 7) is 9.32. The summed E-state index contributed by atoms with van der Waals surface area (Å²) in [5.41, 5.74) is 7.64. The van der Waals surface area contributed by atoms with Crippen LogP contribution in [0.4, 0.5) is 0 Å².